The van der Waals surface area contributed by atoms with E-state index in [-0.39, 0.29) is 23.4 Å². The fourth-order valence-electron chi connectivity index (χ4n) is 5.77. The van der Waals surface area contributed by atoms with Crippen molar-refractivity contribution in [3.05, 3.63) is 74.3 Å². The maximum atomic E-state index is 13.1. The summed E-state index contributed by atoms with van der Waals surface area (Å²) in [5.41, 5.74) is 2.41. The van der Waals surface area contributed by atoms with Crippen LogP contribution in [-0.4, -0.2) is 38.0 Å². The number of aromatic nitrogens is 2. The van der Waals surface area contributed by atoms with E-state index in [0.29, 0.717) is 32.1 Å². The second-order valence-electron chi connectivity index (χ2n) is 9.94. The fraction of sp³-hybridized carbons (Fsp3) is 0.462. The molecule has 0 radical (unpaired) electrons. The van der Waals surface area contributed by atoms with Gasteiger partial charge in [-0.15, -0.1) is 0 Å². The largest absolute Gasteiger partial charge is 0.345 e. The summed E-state index contributed by atoms with van der Waals surface area (Å²) in [6.07, 6.45) is 5.27. The Balaban J connectivity index is 1.26. The molecule has 1 aromatic carbocycles. The van der Waals surface area contributed by atoms with Crippen molar-refractivity contribution in [3.63, 3.8) is 0 Å². The number of likely N-dealkylation sites (tertiary alicyclic amines) is 1. The Morgan fingerprint density at radius 3 is 2.71 bits per heavy atom. The van der Waals surface area contributed by atoms with E-state index in [0.717, 1.165) is 25.0 Å². The number of hydrogen-bond donors (Lipinski definition) is 0. The van der Waals surface area contributed by atoms with Crippen molar-refractivity contribution in [2.75, 3.05) is 13.1 Å². The molecule has 0 N–H and O–H groups in total. The zero-order valence-electron chi connectivity index (χ0n) is 19.6. The average molecular weight is 463 g/mol. The molecule has 3 aromatic rings. The Hall–Kier alpha value is -3.42. The molecule has 178 valence electrons. The van der Waals surface area contributed by atoms with Gasteiger partial charge >= 0.3 is 11.2 Å². The van der Waals surface area contributed by atoms with Crippen LogP contribution in [0.5, 0.6) is 0 Å². The van der Waals surface area contributed by atoms with Gasteiger partial charge in [-0.2, -0.15) is 0 Å². The fourth-order valence-corrected chi connectivity index (χ4v) is 5.77. The van der Waals surface area contributed by atoms with Crippen molar-refractivity contribution in [1.82, 2.24) is 14.0 Å². The number of fused-ring (bicyclic) bond motifs is 5. The molecule has 0 aliphatic carbocycles. The van der Waals surface area contributed by atoms with Crippen molar-refractivity contribution in [2.24, 2.45) is 5.92 Å². The minimum Gasteiger partial charge on any atom is -0.345 e. The minimum atomic E-state index is -0.617. The van der Waals surface area contributed by atoms with Crippen LogP contribution in [0, 0.1) is 16.0 Å². The van der Waals surface area contributed by atoms with E-state index in [2.05, 4.69) is 48.9 Å². The summed E-state index contributed by atoms with van der Waals surface area (Å²) < 4.78 is 3.85. The van der Waals surface area contributed by atoms with E-state index in [4.69, 9.17) is 0 Å². The van der Waals surface area contributed by atoms with Crippen LogP contribution in [0.25, 0.3) is 10.9 Å². The molecule has 0 spiro atoms. The summed E-state index contributed by atoms with van der Waals surface area (Å²) in [6, 6.07) is 11.8. The molecule has 2 unspecified atom stereocenters. The third kappa shape index (κ3) is 3.91. The predicted octanol–water partition coefficient (Wildman–Crippen LogP) is 4.26. The van der Waals surface area contributed by atoms with Crippen LogP contribution >= 0.6 is 0 Å². The van der Waals surface area contributed by atoms with Crippen molar-refractivity contribution < 1.29 is 9.72 Å². The zero-order chi connectivity index (χ0) is 24.0. The van der Waals surface area contributed by atoms with E-state index in [1.54, 1.807) is 10.6 Å². The lowest BCUT2D eigenvalue weighted by atomic mass is 9.83. The summed E-state index contributed by atoms with van der Waals surface area (Å²) in [4.78, 5) is 38.1. The predicted molar refractivity (Wildman–Crippen MR) is 130 cm³/mol. The van der Waals surface area contributed by atoms with Crippen LogP contribution in [0.2, 0.25) is 0 Å². The number of benzene rings is 1. The van der Waals surface area contributed by atoms with Crippen LogP contribution in [-0.2, 0) is 17.8 Å². The molecule has 2 aliphatic heterocycles. The van der Waals surface area contributed by atoms with Gasteiger partial charge in [0.1, 0.15) is 0 Å². The van der Waals surface area contributed by atoms with Crippen LogP contribution in [0.3, 0.4) is 0 Å². The maximum absolute atomic E-state index is 13.1. The second kappa shape index (κ2) is 8.74. The lowest BCUT2D eigenvalue weighted by molar-refractivity contribution is -0.386. The maximum Gasteiger partial charge on any atom is 0.334 e. The minimum absolute atomic E-state index is 0.0500. The van der Waals surface area contributed by atoms with E-state index in [9.17, 15) is 19.7 Å². The van der Waals surface area contributed by atoms with Gasteiger partial charge in [-0.3, -0.25) is 19.7 Å². The molecule has 2 atom stereocenters. The molecule has 1 amide bonds. The van der Waals surface area contributed by atoms with Gasteiger partial charge < -0.3 is 14.0 Å². The van der Waals surface area contributed by atoms with Gasteiger partial charge in [-0.25, -0.2) is 0 Å². The van der Waals surface area contributed by atoms with Crippen molar-refractivity contribution in [3.8, 4) is 0 Å². The highest BCUT2D eigenvalue weighted by atomic mass is 16.6. The number of piperidine rings is 1. The number of aryl methyl sites for hydroxylation is 1. The normalized spacial score (nSPS) is 19.4. The Kier molecular flexibility index (Phi) is 5.75. The van der Waals surface area contributed by atoms with Gasteiger partial charge in [0.15, 0.2) is 0 Å². The first-order chi connectivity index (χ1) is 16.3. The molecule has 2 aromatic heterocycles. The first-order valence-corrected chi connectivity index (χ1v) is 12.1. The van der Waals surface area contributed by atoms with Crippen LogP contribution < -0.4 is 5.56 Å². The monoisotopic (exact) mass is 462 g/mol. The van der Waals surface area contributed by atoms with Gasteiger partial charge in [0.05, 0.1) is 4.92 Å². The molecule has 8 heteroatoms. The Morgan fingerprint density at radius 1 is 1.15 bits per heavy atom. The van der Waals surface area contributed by atoms with Gasteiger partial charge in [0.2, 0.25) is 5.91 Å². The number of nitro groups is 1. The quantitative estimate of drug-likeness (QED) is 0.404. The van der Waals surface area contributed by atoms with Crippen LogP contribution in [0.15, 0.2) is 47.4 Å². The van der Waals surface area contributed by atoms with Gasteiger partial charge in [0, 0.05) is 66.9 Å². The zero-order valence-corrected chi connectivity index (χ0v) is 19.6. The van der Waals surface area contributed by atoms with Crippen LogP contribution in [0.4, 0.5) is 5.69 Å². The van der Waals surface area contributed by atoms with Gasteiger partial charge in [-0.1, -0.05) is 18.2 Å². The van der Waals surface area contributed by atoms with Crippen molar-refractivity contribution in [2.45, 2.75) is 58.0 Å². The summed E-state index contributed by atoms with van der Waals surface area (Å²) in [6.45, 7) is 5.97. The Bertz CT molecular complexity index is 1320. The molecule has 5 rings (SSSR count). The molecular formula is C26H30N4O4. The summed E-state index contributed by atoms with van der Waals surface area (Å²) >= 11 is 0. The molecule has 8 nitrogen and oxygen atoms in total. The Labute approximate surface area is 197 Å². The van der Waals surface area contributed by atoms with Gasteiger partial charge in [0.25, 0.3) is 0 Å². The number of nitrogens with zero attached hydrogens (tertiary/aromatic N) is 4. The first-order valence-electron chi connectivity index (χ1n) is 12.1. The molecule has 34 heavy (non-hydrogen) atoms. The SMILES string of the molecule is CC(C)n1cc(CCCC(=O)N2CC3CC(C2)c2ccc([N+](=O)[O-])c(=O)n2C3)c2ccccc21. The smallest absolute Gasteiger partial charge is 0.334 e. The highest BCUT2D eigenvalue weighted by Crippen LogP contribution is 2.36. The average Bonchev–Trinajstić information content (AvgIpc) is 3.18. The standard InChI is InChI=1S/C26H30N4O4/c1-17(2)28-16-19(21-7-3-4-8-23(21)28)6-5-9-25(31)27-13-18-12-20(15-27)22-10-11-24(30(33)34)26(32)29(22)14-18/h3-4,7-8,10-11,16-18,20H,5-6,9,12-15H2,1-2H3. The number of carbonyl (C=O) groups excluding carboxylic acids is 1. The van der Waals surface area contributed by atoms with Crippen molar-refractivity contribution in [1.29, 1.82) is 0 Å². The van der Waals surface area contributed by atoms with Gasteiger partial charge in [-0.05, 0) is 56.7 Å². The van der Waals surface area contributed by atoms with E-state index in [1.807, 2.05) is 4.90 Å². The molecular weight excluding hydrogens is 432 g/mol. The molecule has 2 bridgehead atoms. The van der Waals surface area contributed by atoms with Crippen molar-refractivity contribution >= 4 is 22.5 Å². The first kappa shape index (κ1) is 22.4. The lowest BCUT2D eigenvalue weighted by Crippen LogP contribution is -2.49. The molecule has 1 fully saturated rings. The number of rotatable bonds is 6. The third-order valence-electron chi connectivity index (χ3n) is 7.35. The van der Waals surface area contributed by atoms with E-state index in [1.165, 1.54) is 22.5 Å². The highest BCUT2D eigenvalue weighted by molar-refractivity contribution is 5.84. The molecule has 0 saturated carbocycles. The number of carbonyl (C=O) groups is 1. The molecule has 1 saturated heterocycles. The number of amides is 1. The van der Waals surface area contributed by atoms with E-state index >= 15 is 0 Å². The number of pyridine rings is 1. The van der Waals surface area contributed by atoms with Crippen LogP contribution in [0.1, 0.15) is 56.3 Å². The number of hydrogen-bond acceptors (Lipinski definition) is 4. The summed E-state index contributed by atoms with van der Waals surface area (Å²) in [5.74, 6) is 0.355. The molecule has 4 heterocycles. The summed E-state index contributed by atoms with van der Waals surface area (Å²) in [5, 5.41) is 12.4. The molecule has 2 aliphatic rings. The third-order valence-corrected chi connectivity index (χ3v) is 7.35. The lowest BCUT2D eigenvalue weighted by Gasteiger charge is -2.42. The Morgan fingerprint density at radius 2 is 1.94 bits per heavy atom. The second-order valence-corrected chi connectivity index (χ2v) is 9.94. The topological polar surface area (TPSA) is 90.4 Å². The number of para-hydroxylation sites is 1. The highest BCUT2D eigenvalue weighted by Gasteiger charge is 2.37. The summed E-state index contributed by atoms with van der Waals surface area (Å²) in [7, 11) is 0. The van der Waals surface area contributed by atoms with E-state index < -0.39 is 10.5 Å².